The predicted octanol–water partition coefficient (Wildman–Crippen LogP) is 3.18. The van der Waals surface area contributed by atoms with Crippen LogP contribution in [0.2, 0.25) is 0 Å². The third kappa shape index (κ3) is 10.4. The average Bonchev–Trinajstić information content (AvgIpc) is 2.24. The maximum Gasteiger partial charge on any atom is 0.330 e. The fraction of sp³-hybridized carbons (Fsp3) is 0.308. The fourth-order valence-corrected chi connectivity index (χ4v) is 0.888. The number of hydrogen-bond donors (Lipinski definition) is 0. The van der Waals surface area contributed by atoms with Crippen LogP contribution in [-0.4, -0.2) is 12.6 Å². The fourth-order valence-electron chi connectivity index (χ4n) is 0.888. The van der Waals surface area contributed by atoms with Crippen LogP contribution >= 0.6 is 0 Å². The van der Waals surface area contributed by atoms with Gasteiger partial charge in [-0.1, -0.05) is 37.0 Å². The van der Waals surface area contributed by atoms with Crippen molar-refractivity contribution in [2.24, 2.45) is 0 Å². The lowest BCUT2D eigenvalue weighted by molar-refractivity contribution is -0.137. The lowest BCUT2D eigenvalue weighted by Gasteiger charge is -1.99. The first-order chi connectivity index (χ1) is 7.31. The summed E-state index contributed by atoms with van der Waals surface area (Å²) < 4.78 is 4.95. The second-order valence-corrected chi connectivity index (χ2v) is 2.93. The summed E-state index contributed by atoms with van der Waals surface area (Å²) in [6, 6.07) is 0. The van der Waals surface area contributed by atoms with Gasteiger partial charge in [-0.05, 0) is 19.3 Å². The van der Waals surface area contributed by atoms with Gasteiger partial charge in [-0.25, -0.2) is 4.79 Å². The largest absolute Gasteiger partial charge is 0.463 e. The van der Waals surface area contributed by atoms with Crippen molar-refractivity contribution >= 4 is 5.97 Å². The average molecular weight is 206 g/mol. The third-order valence-corrected chi connectivity index (χ3v) is 1.64. The Morgan fingerprint density at radius 1 is 1.13 bits per heavy atom. The van der Waals surface area contributed by atoms with Crippen molar-refractivity contribution < 1.29 is 9.53 Å². The molecule has 0 aromatic rings. The smallest absolute Gasteiger partial charge is 0.330 e. The van der Waals surface area contributed by atoms with E-state index < -0.39 is 0 Å². The molecule has 0 aromatic carbocycles. The lowest BCUT2D eigenvalue weighted by atomic mass is 10.2. The Bertz CT molecular complexity index is 249. The molecule has 0 amide bonds. The molecule has 0 rings (SSSR count). The summed E-state index contributed by atoms with van der Waals surface area (Å²) in [5.74, 6) is -0.303. The number of allylic oxidation sites excluding steroid dienone is 5. The normalized spacial score (nSPS) is 10.7. The van der Waals surface area contributed by atoms with Crippen LogP contribution < -0.4 is 0 Å². The molecule has 0 fully saturated rings. The molecule has 0 radical (unpaired) electrons. The monoisotopic (exact) mass is 206 g/mol. The van der Waals surface area contributed by atoms with Gasteiger partial charge in [0.05, 0.1) is 6.61 Å². The van der Waals surface area contributed by atoms with E-state index in [-0.39, 0.29) is 5.97 Å². The molecule has 0 heterocycles. The second-order valence-electron chi connectivity index (χ2n) is 2.93. The van der Waals surface area contributed by atoms with Gasteiger partial charge in [-0.15, -0.1) is 6.58 Å². The highest BCUT2D eigenvalue weighted by molar-refractivity contribution is 5.82. The Kier molecular flexibility index (Phi) is 9.41. The number of carbonyl (C=O) groups excluding carboxylic acids is 1. The summed E-state index contributed by atoms with van der Waals surface area (Å²) in [6.07, 6.45) is 12.9. The third-order valence-electron chi connectivity index (χ3n) is 1.64. The Morgan fingerprint density at radius 3 is 2.60 bits per heavy atom. The first-order valence-corrected chi connectivity index (χ1v) is 5.04. The van der Waals surface area contributed by atoms with Gasteiger partial charge in [0, 0.05) is 6.08 Å². The standard InChI is InChI=1S/C13H18O2/c1-3-5-7-9-11-13(14)15-12-10-8-6-4-2/h3-5,7,9,11H,1-2,6,8,10,12H2. The number of unbranched alkanes of at least 4 members (excludes halogenated alkanes) is 2. The molecule has 0 saturated heterocycles. The predicted molar refractivity (Wildman–Crippen MR) is 63.5 cm³/mol. The summed E-state index contributed by atoms with van der Waals surface area (Å²) in [4.78, 5) is 11.0. The Labute approximate surface area is 91.6 Å². The molecule has 82 valence electrons. The molecule has 0 N–H and O–H groups in total. The molecule has 15 heavy (non-hydrogen) atoms. The van der Waals surface area contributed by atoms with E-state index in [1.165, 1.54) is 6.08 Å². The molecule has 2 heteroatoms. The van der Waals surface area contributed by atoms with Crippen LogP contribution in [0.3, 0.4) is 0 Å². The van der Waals surface area contributed by atoms with E-state index in [0.717, 1.165) is 19.3 Å². The van der Waals surface area contributed by atoms with Crippen molar-refractivity contribution in [3.05, 3.63) is 49.6 Å². The summed E-state index contributed by atoms with van der Waals surface area (Å²) in [7, 11) is 0. The topological polar surface area (TPSA) is 26.3 Å². The quantitative estimate of drug-likeness (QED) is 0.200. The van der Waals surface area contributed by atoms with Crippen molar-refractivity contribution in [2.45, 2.75) is 19.3 Å². The molecule has 0 spiro atoms. The van der Waals surface area contributed by atoms with E-state index in [1.54, 1.807) is 24.3 Å². The van der Waals surface area contributed by atoms with Gasteiger partial charge in [0.2, 0.25) is 0 Å². The first kappa shape index (κ1) is 13.4. The molecular weight excluding hydrogens is 188 g/mol. The van der Waals surface area contributed by atoms with Crippen molar-refractivity contribution in [2.75, 3.05) is 6.61 Å². The van der Waals surface area contributed by atoms with Crippen molar-refractivity contribution in [1.82, 2.24) is 0 Å². The van der Waals surface area contributed by atoms with Gasteiger partial charge >= 0.3 is 5.97 Å². The van der Waals surface area contributed by atoms with Gasteiger partial charge in [-0.3, -0.25) is 0 Å². The summed E-state index contributed by atoms with van der Waals surface area (Å²) in [5.41, 5.74) is 0. The van der Waals surface area contributed by atoms with Gasteiger partial charge in [0.15, 0.2) is 0 Å². The molecule has 0 saturated carbocycles. The van der Waals surface area contributed by atoms with Crippen LogP contribution in [0.5, 0.6) is 0 Å². The minimum atomic E-state index is -0.303. The minimum Gasteiger partial charge on any atom is -0.463 e. The zero-order chi connectivity index (χ0) is 11.4. The highest BCUT2D eigenvalue weighted by Gasteiger charge is 1.94. The highest BCUT2D eigenvalue weighted by Crippen LogP contribution is 1.96. The number of ether oxygens (including phenoxy) is 1. The SMILES string of the molecule is C=CC=CC=CC(=O)OCCCCC=C. The highest BCUT2D eigenvalue weighted by atomic mass is 16.5. The zero-order valence-electron chi connectivity index (χ0n) is 9.02. The van der Waals surface area contributed by atoms with E-state index in [2.05, 4.69) is 13.2 Å². The molecule has 0 unspecified atom stereocenters. The molecule has 0 atom stereocenters. The van der Waals surface area contributed by atoms with Gasteiger partial charge in [-0.2, -0.15) is 0 Å². The van der Waals surface area contributed by atoms with Gasteiger partial charge in [0.1, 0.15) is 0 Å². The number of esters is 1. The molecule has 0 aliphatic rings. The number of hydrogen-bond acceptors (Lipinski definition) is 2. The molecule has 2 nitrogen and oxygen atoms in total. The molecule has 0 bridgehead atoms. The van der Waals surface area contributed by atoms with Crippen LogP contribution in [0.25, 0.3) is 0 Å². The summed E-state index contributed by atoms with van der Waals surface area (Å²) in [5, 5.41) is 0. The molecular formula is C13H18O2. The van der Waals surface area contributed by atoms with Gasteiger partial charge < -0.3 is 4.74 Å². The second kappa shape index (κ2) is 10.5. The van der Waals surface area contributed by atoms with Crippen LogP contribution in [0.4, 0.5) is 0 Å². The van der Waals surface area contributed by atoms with E-state index in [0.29, 0.717) is 6.61 Å². The Balaban J connectivity index is 3.48. The number of carbonyl (C=O) groups is 1. The molecule has 0 aliphatic heterocycles. The number of rotatable bonds is 8. The minimum absolute atomic E-state index is 0.303. The van der Waals surface area contributed by atoms with E-state index in [4.69, 9.17) is 4.74 Å². The van der Waals surface area contributed by atoms with Crippen molar-refractivity contribution in [3.8, 4) is 0 Å². The zero-order valence-corrected chi connectivity index (χ0v) is 9.02. The van der Waals surface area contributed by atoms with Crippen molar-refractivity contribution in [3.63, 3.8) is 0 Å². The van der Waals surface area contributed by atoms with E-state index in [9.17, 15) is 4.79 Å². The van der Waals surface area contributed by atoms with Gasteiger partial charge in [0.25, 0.3) is 0 Å². The van der Waals surface area contributed by atoms with E-state index >= 15 is 0 Å². The first-order valence-electron chi connectivity index (χ1n) is 5.04. The lowest BCUT2D eigenvalue weighted by Crippen LogP contribution is -2.01. The van der Waals surface area contributed by atoms with Crippen LogP contribution in [0.15, 0.2) is 49.6 Å². The maximum absolute atomic E-state index is 11.0. The van der Waals surface area contributed by atoms with Crippen LogP contribution in [-0.2, 0) is 9.53 Å². The summed E-state index contributed by atoms with van der Waals surface area (Å²) >= 11 is 0. The maximum atomic E-state index is 11.0. The van der Waals surface area contributed by atoms with E-state index in [1.807, 2.05) is 6.08 Å². The molecule has 0 aromatic heterocycles. The molecule has 0 aliphatic carbocycles. The van der Waals surface area contributed by atoms with Crippen LogP contribution in [0.1, 0.15) is 19.3 Å². The van der Waals surface area contributed by atoms with Crippen LogP contribution in [0, 0.1) is 0 Å². The summed E-state index contributed by atoms with van der Waals surface area (Å²) in [6.45, 7) is 7.60. The Hall–Kier alpha value is -1.57. The van der Waals surface area contributed by atoms with Crippen molar-refractivity contribution in [1.29, 1.82) is 0 Å². The Morgan fingerprint density at radius 2 is 1.93 bits per heavy atom.